The molecule has 2 bridgehead atoms. The molecule has 22 heavy (non-hydrogen) atoms. The fraction of sp³-hybridized carbons (Fsp3) is 0.611. The second-order valence-corrected chi connectivity index (χ2v) is 7.63. The summed E-state index contributed by atoms with van der Waals surface area (Å²) in [7, 11) is 0. The molecule has 120 valence electrons. The molecule has 0 aliphatic heterocycles. The normalized spacial score (nSPS) is 27.0. The van der Waals surface area contributed by atoms with E-state index in [1.54, 1.807) is 6.07 Å². The fourth-order valence-corrected chi connectivity index (χ4v) is 3.88. The molecule has 1 saturated carbocycles. The summed E-state index contributed by atoms with van der Waals surface area (Å²) in [6.07, 6.45) is 3.84. The van der Waals surface area contributed by atoms with E-state index < -0.39 is 5.60 Å². The Morgan fingerprint density at radius 1 is 1.18 bits per heavy atom. The average Bonchev–Trinajstić information content (AvgIpc) is 2.64. The molecule has 2 aliphatic carbocycles. The van der Waals surface area contributed by atoms with Crippen molar-refractivity contribution >= 4 is 6.09 Å². The topological polar surface area (TPSA) is 58.6 Å². The quantitative estimate of drug-likeness (QED) is 0.836. The van der Waals surface area contributed by atoms with Gasteiger partial charge < -0.3 is 15.2 Å². The zero-order chi connectivity index (χ0) is 15.9. The molecule has 4 heteroatoms. The third kappa shape index (κ3) is 3.21. The summed E-state index contributed by atoms with van der Waals surface area (Å²) >= 11 is 0. The van der Waals surface area contributed by atoms with Crippen LogP contribution >= 0.6 is 0 Å². The predicted octanol–water partition coefficient (Wildman–Crippen LogP) is 3.41. The number of hydrogen-bond donors (Lipinski definition) is 2. The maximum atomic E-state index is 12.1. The van der Waals surface area contributed by atoms with Crippen molar-refractivity contribution in [1.82, 2.24) is 5.32 Å². The Bertz CT molecular complexity index is 576. The van der Waals surface area contributed by atoms with Crippen LogP contribution < -0.4 is 5.32 Å². The first-order valence-corrected chi connectivity index (χ1v) is 8.12. The third-order valence-electron chi connectivity index (χ3n) is 4.76. The smallest absolute Gasteiger partial charge is 0.407 e. The largest absolute Gasteiger partial charge is 0.508 e. The Hall–Kier alpha value is -1.71. The molecule has 4 nitrogen and oxygen atoms in total. The van der Waals surface area contributed by atoms with Gasteiger partial charge in [-0.1, -0.05) is 6.07 Å². The summed E-state index contributed by atoms with van der Waals surface area (Å²) in [5, 5.41) is 12.8. The van der Waals surface area contributed by atoms with Crippen molar-refractivity contribution in [1.29, 1.82) is 0 Å². The molecule has 1 aromatic rings. The van der Waals surface area contributed by atoms with Crippen LogP contribution in [0.25, 0.3) is 0 Å². The van der Waals surface area contributed by atoms with E-state index in [1.807, 2.05) is 32.9 Å². The summed E-state index contributed by atoms with van der Waals surface area (Å²) < 4.78 is 5.41. The van der Waals surface area contributed by atoms with Crippen LogP contribution in [0.5, 0.6) is 5.75 Å². The van der Waals surface area contributed by atoms with E-state index in [2.05, 4.69) is 5.32 Å². The molecule has 0 heterocycles. The molecule has 1 amide bonds. The fourth-order valence-electron chi connectivity index (χ4n) is 3.88. The Morgan fingerprint density at radius 2 is 1.82 bits per heavy atom. The van der Waals surface area contributed by atoms with Crippen LogP contribution in [0.3, 0.4) is 0 Å². The van der Waals surface area contributed by atoms with Gasteiger partial charge in [-0.05, 0) is 81.5 Å². The maximum Gasteiger partial charge on any atom is 0.407 e. The predicted molar refractivity (Wildman–Crippen MR) is 84.9 cm³/mol. The van der Waals surface area contributed by atoms with Crippen molar-refractivity contribution in [2.75, 3.05) is 0 Å². The number of aromatic hydroxyl groups is 1. The van der Waals surface area contributed by atoms with E-state index >= 15 is 0 Å². The van der Waals surface area contributed by atoms with Crippen LogP contribution in [0, 0.1) is 11.8 Å². The van der Waals surface area contributed by atoms with Crippen molar-refractivity contribution in [3.63, 3.8) is 0 Å². The SMILES string of the molecule is CC(C)(C)OC(=O)NC1C2CCC1Cc1cc(O)ccc1C2. The van der Waals surface area contributed by atoms with Gasteiger partial charge in [-0.15, -0.1) is 0 Å². The van der Waals surface area contributed by atoms with Crippen molar-refractivity contribution in [3.05, 3.63) is 29.3 Å². The summed E-state index contributed by atoms with van der Waals surface area (Å²) in [5.41, 5.74) is 2.06. The van der Waals surface area contributed by atoms with Crippen LogP contribution in [0.2, 0.25) is 0 Å². The molecule has 0 spiro atoms. The summed E-state index contributed by atoms with van der Waals surface area (Å²) in [6.45, 7) is 5.65. The first kappa shape index (κ1) is 15.2. The first-order valence-electron chi connectivity index (χ1n) is 8.12. The lowest BCUT2D eigenvalue weighted by Crippen LogP contribution is -2.44. The number of phenolic OH excluding ortho intramolecular Hbond substituents is 1. The van der Waals surface area contributed by atoms with Crippen molar-refractivity contribution in [3.8, 4) is 5.75 Å². The van der Waals surface area contributed by atoms with Crippen LogP contribution in [-0.2, 0) is 17.6 Å². The molecule has 3 rings (SSSR count). The number of alkyl carbamates (subject to hydrolysis) is 1. The lowest BCUT2D eigenvalue weighted by Gasteiger charge is -2.26. The van der Waals surface area contributed by atoms with Gasteiger partial charge in [0, 0.05) is 6.04 Å². The number of hydrogen-bond acceptors (Lipinski definition) is 3. The monoisotopic (exact) mass is 303 g/mol. The Kier molecular flexibility index (Phi) is 3.79. The number of carbonyl (C=O) groups is 1. The maximum absolute atomic E-state index is 12.1. The molecule has 0 radical (unpaired) electrons. The Balaban J connectivity index is 1.75. The summed E-state index contributed by atoms with van der Waals surface area (Å²) in [6, 6.07) is 5.83. The van der Waals surface area contributed by atoms with Crippen LogP contribution in [0.4, 0.5) is 4.79 Å². The molecule has 0 aromatic heterocycles. The zero-order valence-corrected chi connectivity index (χ0v) is 13.6. The highest BCUT2D eigenvalue weighted by Gasteiger charge is 2.40. The standard InChI is InChI=1S/C18H25NO3/c1-18(2,3)22-17(21)19-16-12-4-5-13(16)9-14-10-15(20)7-6-11(14)8-12/h6-7,10,12-13,16,20H,4-5,8-9H2,1-3H3,(H,19,21). The number of carbonyl (C=O) groups excluding carboxylic acids is 1. The number of fused-ring (bicyclic) bond motifs is 3. The zero-order valence-electron chi connectivity index (χ0n) is 13.6. The van der Waals surface area contributed by atoms with Gasteiger partial charge >= 0.3 is 6.09 Å². The van der Waals surface area contributed by atoms with E-state index in [0.717, 1.165) is 25.7 Å². The molecular weight excluding hydrogens is 278 g/mol. The molecule has 3 unspecified atom stereocenters. The van der Waals surface area contributed by atoms with Crippen LogP contribution in [-0.4, -0.2) is 22.8 Å². The number of nitrogens with one attached hydrogen (secondary N) is 1. The van der Waals surface area contributed by atoms with E-state index in [1.165, 1.54) is 11.1 Å². The Labute approximate surface area is 131 Å². The molecule has 0 saturated heterocycles. The van der Waals surface area contributed by atoms with E-state index in [-0.39, 0.29) is 12.1 Å². The molecule has 3 atom stereocenters. The van der Waals surface area contributed by atoms with Crippen molar-refractivity contribution < 1.29 is 14.6 Å². The molecule has 1 aromatic carbocycles. The number of rotatable bonds is 1. The van der Waals surface area contributed by atoms with Gasteiger partial charge in [0.25, 0.3) is 0 Å². The lowest BCUT2D eigenvalue weighted by molar-refractivity contribution is 0.0479. The minimum atomic E-state index is -0.470. The van der Waals surface area contributed by atoms with Gasteiger partial charge in [-0.2, -0.15) is 0 Å². The summed E-state index contributed by atoms with van der Waals surface area (Å²) in [5.74, 6) is 1.22. The highest BCUT2D eigenvalue weighted by molar-refractivity contribution is 5.68. The van der Waals surface area contributed by atoms with Gasteiger partial charge in [0.15, 0.2) is 0 Å². The van der Waals surface area contributed by atoms with Crippen molar-refractivity contribution in [2.45, 2.75) is 58.1 Å². The van der Waals surface area contributed by atoms with Gasteiger partial charge in [-0.3, -0.25) is 0 Å². The van der Waals surface area contributed by atoms with Gasteiger partial charge in [-0.25, -0.2) is 4.79 Å². The van der Waals surface area contributed by atoms with Gasteiger partial charge in [0.05, 0.1) is 0 Å². The van der Waals surface area contributed by atoms with Gasteiger partial charge in [0.1, 0.15) is 11.4 Å². The first-order chi connectivity index (χ1) is 10.3. The third-order valence-corrected chi connectivity index (χ3v) is 4.76. The average molecular weight is 303 g/mol. The number of ether oxygens (including phenoxy) is 1. The molecular formula is C18H25NO3. The Morgan fingerprint density at radius 3 is 2.45 bits per heavy atom. The van der Waals surface area contributed by atoms with E-state index in [4.69, 9.17) is 4.74 Å². The number of amides is 1. The number of phenols is 1. The van der Waals surface area contributed by atoms with E-state index in [0.29, 0.717) is 17.6 Å². The molecule has 2 aliphatic rings. The lowest BCUT2D eigenvalue weighted by atomic mass is 9.93. The number of benzene rings is 1. The molecule has 1 fully saturated rings. The summed E-state index contributed by atoms with van der Waals surface area (Å²) in [4.78, 5) is 12.1. The molecule has 2 N–H and O–H groups in total. The second-order valence-electron chi connectivity index (χ2n) is 7.63. The van der Waals surface area contributed by atoms with Gasteiger partial charge in [0.2, 0.25) is 0 Å². The minimum Gasteiger partial charge on any atom is -0.508 e. The van der Waals surface area contributed by atoms with E-state index in [9.17, 15) is 9.90 Å². The highest BCUT2D eigenvalue weighted by Crippen LogP contribution is 2.40. The highest BCUT2D eigenvalue weighted by atomic mass is 16.6. The van der Waals surface area contributed by atoms with Crippen molar-refractivity contribution in [2.24, 2.45) is 11.8 Å². The van der Waals surface area contributed by atoms with Crippen LogP contribution in [0.1, 0.15) is 44.7 Å². The van der Waals surface area contributed by atoms with Crippen LogP contribution in [0.15, 0.2) is 18.2 Å². The minimum absolute atomic E-state index is 0.171. The second kappa shape index (κ2) is 5.49.